The summed E-state index contributed by atoms with van der Waals surface area (Å²) in [7, 11) is 0. The van der Waals surface area contributed by atoms with Gasteiger partial charge in [0, 0.05) is 12.6 Å². The molecular weight excluding hydrogens is 300 g/mol. The molecule has 1 N–H and O–H groups in total. The molecule has 0 aliphatic rings. The largest absolute Gasteiger partial charge is 0.324 e. The topological polar surface area (TPSA) is 49.4 Å². The predicted molar refractivity (Wildman–Crippen MR) is 98.5 cm³/mol. The number of carbonyl (C=O) groups excluding carboxylic acids is 2. The molecule has 0 radical (unpaired) electrons. The molecule has 0 heterocycles. The number of hydrogen-bond acceptors (Lipinski definition) is 2. The zero-order valence-electron chi connectivity index (χ0n) is 14.9. The van der Waals surface area contributed by atoms with E-state index in [0.717, 1.165) is 33.6 Å². The molecule has 24 heavy (non-hydrogen) atoms. The molecule has 0 atom stereocenters. The van der Waals surface area contributed by atoms with Crippen molar-refractivity contribution >= 4 is 23.2 Å². The number of anilines is 2. The minimum absolute atomic E-state index is 0.00555. The summed E-state index contributed by atoms with van der Waals surface area (Å²) in [5.74, 6) is -0.356. The number of benzene rings is 2. The van der Waals surface area contributed by atoms with Crippen LogP contribution in [0, 0.1) is 27.7 Å². The van der Waals surface area contributed by atoms with Gasteiger partial charge in [0.05, 0.1) is 5.69 Å². The Bertz CT molecular complexity index is 761. The third-order valence-electron chi connectivity index (χ3n) is 4.06. The van der Waals surface area contributed by atoms with Gasteiger partial charge >= 0.3 is 0 Å². The minimum Gasteiger partial charge on any atom is -0.324 e. The average Bonchev–Trinajstić information content (AvgIpc) is 2.49. The molecule has 0 saturated heterocycles. The van der Waals surface area contributed by atoms with E-state index < -0.39 is 0 Å². The molecule has 0 bridgehead atoms. The number of aryl methyl sites for hydroxylation is 4. The molecule has 0 fully saturated rings. The maximum Gasteiger partial charge on any atom is 0.244 e. The van der Waals surface area contributed by atoms with Crippen molar-refractivity contribution in [3.63, 3.8) is 0 Å². The fourth-order valence-electron chi connectivity index (χ4n) is 2.78. The maximum atomic E-state index is 12.5. The van der Waals surface area contributed by atoms with Gasteiger partial charge in [0.15, 0.2) is 0 Å². The Morgan fingerprint density at radius 3 is 2.17 bits per heavy atom. The monoisotopic (exact) mass is 324 g/mol. The number of para-hydroxylation sites is 1. The van der Waals surface area contributed by atoms with Crippen LogP contribution in [0.3, 0.4) is 0 Å². The summed E-state index contributed by atoms with van der Waals surface area (Å²) >= 11 is 0. The van der Waals surface area contributed by atoms with Crippen LogP contribution >= 0.6 is 0 Å². The van der Waals surface area contributed by atoms with Crippen molar-refractivity contribution in [1.82, 2.24) is 0 Å². The van der Waals surface area contributed by atoms with Gasteiger partial charge in [0.1, 0.15) is 6.54 Å². The van der Waals surface area contributed by atoms with E-state index in [4.69, 9.17) is 0 Å². The highest BCUT2D eigenvalue weighted by Crippen LogP contribution is 2.25. The summed E-state index contributed by atoms with van der Waals surface area (Å²) in [6.07, 6.45) is 0. The van der Waals surface area contributed by atoms with Crippen LogP contribution in [0.2, 0.25) is 0 Å². The lowest BCUT2D eigenvalue weighted by atomic mass is 10.1. The van der Waals surface area contributed by atoms with Crippen molar-refractivity contribution in [3.8, 4) is 0 Å². The van der Waals surface area contributed by atoms with Crippen LogP contribution in [-0.2, 0) is 9.59 Å². The molecule has 0 aliphatic carbocycles. The summed E-state index contributed by atoms with van der Waals surface area (Å²) < 4.78 is 0. The Kier molecular flexibility index (Phi) is 5.39. The van der Waals surface area contributed by atoms with Gasteiger partial charge in [-0.25, -0.2) is 0 Å². The van der Waals surface area contributed by atoms with Crippen molar-refractivity contribution < 1.29 is 9.59 Å². The van der Waals surface area contributed by atoms with Crippen LogP contribution in [0.15, 0.2) is 36.4 Å². The smallest absolute Gasteiger partial charge is 0.244 e. The van der Waals surface area contributed by atoms with Gasteiger partial charge < -0.3 is 10.2 Å². The summed E-state index contributed by atoms with van der Waals surface area (Å²) in [6.45, 7) is 9.30. The zero-order chi connectivity index (χ0) is 17.9. The minimum atomic E-state index is -0.207. The van der Waals surface area contributed by atoms with E-state index in [9.17, 15) is 9.59 Å². The lowest BCUT2D eigenvalue weighted by molar-refractivity contribution is -0.120. The van der Waals surface area contributed by atoms with Crippen molar-refractivity contribution in [2.24, 2.45) is 0 Å². The highest BCUT2D eigenvalue weighted by Gasteiger charge is 2.19. The van der Waals surface area contributed by atoms with Crippen molar-refractivity contribution in [1.29, 1.82) is 0 Å². The van der Waals surface area contributed by atoms with E-state index >= 15 is 0 Å². The second-order valence-corrected chi connectivity index (χ2v) is 6.21. The molecule has 2 aromatic carbocycles. The molecule has 0 spiro atoms. The predicted octanol–water partition coefficient (Wildman–Crippen LogP) is 3.91. The number of amides is 2. The van der Waals surface area contributed by atoms with E-state index in [1.54, 1.807) is 0 Å². The normalized spacial score (nSPS) is 10.4. The third-order valence-corrected chi connectivity index (χ3v) is 4.06. The fourth-order valence-corrected chi connectivity index (χ4v) is 2.78. The summed E-state index contributed by atoms with van der Waals surface area (Å²) in [4.78, 5) is 26.1. The number of nitrogens with zero attached hydrogens (tertiary/aromatic N) is 1. The van der Waals surface area contributed by atoms with Gasteiger partial charge in [-0.2, -0.15) is 0 Å². The summed E-state index contributed by atoms with van der Waals surface area (Å²) in [5, 5.41) is 2.91. The fraction of sp³-hybridized carbons (Fsp3) is 0.300. The van der Waals surface area contributed by atoms with Crippen molar-refractivity contribution in [2.45, 2.75) is 34.6 Å². The van der Waals surface area contributed by atoms with Crippen LogP contribution in [0.4, 0.5) is 11.4 Å². The van der Waals surface area contributed by atoms with Crippen LogP contribution in [0.25, 0.3) is 0 Å². The number of hydrogen-bond donors (Lipinski definition) is 1. The van der Waals surface area contributed by atoms with Gasteiger partial charge in [0.25, 0.3) is 0 Å². The first-order chi connectivity index (χ1) is 11.3. The Hall–Kier alpha value is -2.62. The molecular formula is C20H24N2O2. The second-order valence-electron chi connectivity index (χ2n) is 6.21. The Morgan fingerprint density at radius 1 is 0.958 bits per heavy atom. The molecule has 2 rings (SSSR count). The van der Waals surface area contributed by atoms with E-state index in [1.807, 2.05) is 64.1 Å². The van der Waals surface area contributed by atoms with Gasteiger partial charge in [-0.1, -0.05) is 30.3 Å². The van der Waals surface area contributed by atoms with Gasteiger partial charge in [-0.15, -0.1) is 0 Å². The Balaban J connectivity index is 2.24. The number of rotatable bonds is 4. The average molecular weight is 324 g/mol. The van der Waals surface area contributed by atoms with Crippen LogP contribution < -0.4 is 10.2 Å². The van der Waals surface area contributed by atoms with Gasteiger partial charge in [-0.05, 0) is 56.0 Å². The van der Waals surface area contributed by atoms with Crippen LogP contribution in [-0.4, -0.2) is 18.4 Å². The first kappa shape index (κ1) is 17.7. The van der Waals surface area contributed by atoms with Crippen molar-refractivity contribution in [3.05, 3.63) is 58.7 Å². The molecule has 0 saturated carbocycles. The van der Waals surface area contributed by atoms with Crippen molar-refractivity contribution in [2.75, 3.05) is 16.8 Å². The third kappa shape index (κ3) is 4.02. The van der Waals surface area contributed by atoms with Crippen LogP contribution in [0.1, 0.15) is 29.2 Å². The van der Waals surface area contributed by atoms with E-state index in [-0.39, 0.29) is 18.4 Å². The molecule has 2 aromatic rings. The van der Waals surface area contributed by atoms with E-state index in [2.05, 4.69) is 5.32 Å². The van der Waals surface area contributed by atoms with Crippen LogP contribution in [0.5, 0.6) is 0 Å². The van der Waals surface area contributed by atoms with E-state index in [0.29, 0.717) is 0 Å². The SMILES string of the molecule is CC(=O)N(CC(=O)Nc1cc(C)ccc1C)c1c(C)cccc1C. The Labute approximate surface area is 143 Å². The summed E-state index contributed by atoms with van der Waals surface area (Å²) in [6, 6.07) is 11.7. The molecule has 4 heteroatoms. The zero-order valence-corrected chi connectivity index (χ0v) is 14.9. The molecule has 126 valence electrons. The molecule has 0 unspecified atom stereocenters. The lowest BCUT2D eigenvalue weighted by Gasteiger charge is -2.24. The highest BCUT2D eigenvalue weighted by atomic mass is 16.2. The van der Waals surface area contributed by atoms with Gasteiger partial charge in [-0.3, -0.25) is 9.59 Å². The first-order valence-electron chi connectivity index (χ1n) is 8.01. The Morgan fingerprint density at radius 2 is 1.58 bits per heavy atom. The molecule has 2 amide bonds. The van der Waals surface area contributed by atoms with Gasteiger partial charge in [0.2, 0.25) is 11.8 Å². The summed E-state index contributed by atoms with van der Waals surface area (Å²) in [5.41, 5.74) is 5.62. The number of carbonyl (C=O) groups is 2. The molecule has 0 aliphatic heterocycles. The second kappa shape index (κ2) is 7.30. The standard InChI is InChI=1S/C20H24N2O2/c1-13-9-10-14(2)18(11-13)21-19(24)12-22(17(5)23)20-15(3)7-6-8-16(20)4/h6-11H,12H2,1-5H3,(H,21,24). The lowest BCUT2D eigenvalue weighted by Crippen LogP contribution is -2.37. The molecule has 0 aromatic heterocycles. The first-order valence-corrected chi connectivity index (χ1v) is 8.01. The highest BCUT2D eigenvalue weighted by molar-refractivity contribution is 6.02. The molecule has 4 nitrogen and oxygen atoms in total. The van der Waals surface area contributed by atoms with E-state index in [1.165, 1.54) is 11.8 Å². The maximum absolute atomic E-state index is 12.5. The quantitative estimate of drug-likeness (QED) is 0.927. The number of nitrogens with one attached hydrogen (secondary N) is 1.